The standard InChI is InChI=1S/C22H2.C20H15ClO.C19H12BrClO.C2H3BrO.21H2/c1-3-5-7-9-11-13-15-17-19-21-22-20-18-16-14-12-10-8-6-4-2;1-13-6-11-17-16-4-2-3-5-18(16)20(22,19(17)12-13)14-7-9-15(21)10-8-14;20-19(12-5-7-13(21)8-6-12)17-4-2-1-3-15(17)16-10-9-14(22)11-18(16)19;1-2(3)4;;;;;;;;;;;;;;;;;;;;;/h1-2H;2-12,22H,1H3;1-11,22H;1H3;21*1H. The summed E-state index contributed by atoms with van der Waals surface area (Å²) in [5.74, 6) is 48.5. The van der Waals surface area contributed by atoms with E-state index < -0.39 is 9.93 Å². The summed E-state index contributed by atoms with van der Waals surface area (Å²) in [5.41, 5.74) is 10.6. The van der Waals surface area contributed by atoms with E-state index in [0.717, 1.165) is 50.1 Å². The molecule has 0 saturated heterocycles. The van der Waals surface area contributed by atoms with E-state index in [0.29, 0.717) is 10.0 Å². The molecule has 0 radical (unpaired) electrons. The Morgan fingerprint density at radius 1 is 0.500 bits per heavy atom. The second-order valence-electron chi connectivity index (χ2n) is 14.3. The summed E-state index contributed by atoms with van der Waals surface area (Å²) < 4.78 is -0.491. The molecular formula is C63H74Br2Cl2O3. The maximum absolute atomic E-state index is 11.6. The smallest absolute Gasteiger partial charge is 0.194 e. The minimum Gasteiger partial charge on any atom is -0.508 e. The number of phenols is 1. The van der Waals surface area contributed by atoms with E-state index >= 15 is 0 Å². The van der Waals surface area contributed by atoms with Crippen LogP contribution in [-0.4, -0.2) is 14.9 Å². The van der Waals surface area contributed by atoms with Gasteiger partial charge in [0.15, 0.2) is 4.69 Å². The minimum absolute atomic E-state index is 0. The molecule has 0 aliphatic heterocycles. The number of carbonyl (C=O) groups excluding carboxylic acids is 1. The molecule has 7 heteroatoms. The lowest BCUT2D eigenvalue weighted by atomic mass is 9.84. The first-order valence-corrected chi connectivity index (χ1v) is 22.9. The van der Waals surface area contributed by atoms with Crippen LogP contribution in [0.3, 0.4) is 0 Å². The summed E-state index contributed by atoms with van der Waals surface area (Å²) in [5, 5.41) is 23.0. The summed E-state index contributed by atoms with van der Waals surface area (Å²) in [4.78, 5) is 9.36. The number of phenolic OH excluding ortho intramolecular Hbond substituents is 1. The average molecular weight is 1110 g/mol. The number of benzene rings is 6. The van der Waals surface area contributed by atoms with Crippen molar-refractivity contribution in [2.75, 3.05) is 0 Å². The van der Waals surface area contributed by atoms with Gasteiger partial charge in [0.1, 0.15) is 15.7 Å². The lowest BCUT2D eigenvalue weighted by Gasteiger charge is -2.26. The number of halogens is 4. The molecule has 6 aromatic carbocycles. The summed E-state index contributed by atoms with van der Waals surface area (Å²) in [7, 11) is 0. The van der Waals surface area contributed by atoms with Gasteiger partial charge in [0.25, 0.3) is 0 Å². The van der Waals surface area contributed by atoms with Crippen LogP contribution >= 0.6 is 55.1 Å². The molecule has 70 heavy (non-hydrogen) atoms. The zero-order chi connectivity index (χ0) is 50.4. The molecule has 0 aromatic heterocycles. The fraction of sp³-hybridized carbons (Fsp3) is 0.0635. The number of alkyl halides is 1. The number of hydrogen-bond acceptors (Lipinski definition) is 3. The predicted octanol–water partition coefficient (Wildman–Crippen LogP) is 17.0. The molecule has 2 aliphatic rings. The zero-order valence-corrected chi connectivity index (χ0v) is 41.9. The molecule has 8 rings (SSSR count). The van der Waals surface area contributed by atoms with Crippen LogP contribution in [0.15, 0.2) is 133 Å². The number of fused-ring (bicyclic) bond motifs is 6. The quantitative estimate of drug-likeness (QED) is 0.103. The Labute approximate surface area is 468 Å². The average Bonchev–Trinajstić information content (AvgIpc) is 3.77. The van der Waals surface area contributed by atoms with Crippen LogP contribution in [0.1, 0.15) is 75.8 Å². The van der Waals surface area contributed by atoms with Gasteiger partial charge in [-0.1, -0.05) is 142 Å². The van der Waals surface area contributed by atoms with E-state index in [2.05, 4.69) is 187 Å². The van der Waals surface area contributed by atoms with Crippen molar-refractivity contribution >= 4 is 59.8 Å². The van der Waals surface area contributed by atoms with Crippen LogP contribution in [0, 0.1) is 138 Å². The van der Waals surface area contributed by atoms with E-state index in [1.165, 1.54) is 18.1 Å². The number of aliphatic hydroxyl groups is 1. The third-order valence-corrected chi connectivity index (χ3v) is 11.7. The molecule has 0 fully saturated rings. The van der Waals surface area contributed by atoms with Gasteiger partial charge in [-0.25, -0.2) is 0 Å². The van der Waals surface area contributed by atoms with E-state index in [9.17, 15) is 15.0 Å². The fourth-order valence-corrected chi connectivity index (χ4v) is 8.34. The van der Waals surface area contributed by atoms with Gasteiger partial charge in [0.05, 0.1) is 0 Å². The molecule has 0 spiro atoms. The number of hydrogen-bond donors (Lipinski definition) is 2. The van der Waals surface area contributed by atoms with E-state index in [1.54, 1.807) is 6.07 Å². The van der Waals surface area contributed by atoms with E-state index in [4.69, 9.17) is 36.0 Å². The predicted molar refractivity (Wildman–Crippen MR) is 336 cm³/mol. The lowest BCUT2D eigenvalue weighted by molar-refractivity contribution is -0.108. The minimum atomic E-state index is -1.12. The van der Waals surface area contributed by atoms with Crippen molar-refractivity contribution in [1.29, 1.82) is 0 Å². The molecule has 2 atom stereocenters. The van der Waals surface area contributed by atoms with Crippen LogP contribution in [0.2, 0.25) is 10.0 Å². The van der Waals surface area contributed by atoms with E-state index in [1.807, 2.05) is 97.9 Å². The third kappa shape index (κ3) is 13.5. The molecule has 6 aromatic rings. The number of carbonyl (C=O) groups is 1. The van der Waals surface area contributed by atoms with Crippen LogP contribution in [0.4, 0.5) is 0 Å². The molecule has 2 N–H and O–H groups in total. The van der Waals surface area contributed by atoms with Crippen molar-refractivity contribution in [3.05, 3.63) is 182 Å². The van der Waals surface area contributed by atoms with Crippen LogP contribution in [-0.2, 0) is 14.7 Å². The van der Waals surface area contributed by atoms with Crippen molar-refractivity contribution in [2.24, 2.45) is 0 Å². The first-order chi connectivity index (χ1) is 33.9. The molecule has 2 unspecified atom stereocenters. The second-order valence-corrected chi connectivity index (χ2v) is 17.4. The zero-order valence-electron chi connectivity index (χ0n) is 37.2. The Morgan fingerprint density at radius 3 is 1.31 bits per heavy atom. The van der Waals surface area contributed by atoms with Gasteiger partial charge in [-0.15, -0.1) is 12.8 Å². The van der Waals surface area contributed by atoms with E-state index in [-0.39, 0.29) is 40.4 Å². The summed E-state index contributed by atoms with van der Waals surface area (Å²) in [6.07, 6.45) is 9.80. The Kier molecular flexibility index (Phi) is 19.6. The van der Waals surface area contributed by atoms with Crippen LogP contribution in [0.5, 0.6) is 5.75 Å². The number of rotatable bonds is 2. The fourth-order valence-electron chi connectivity index (χ4n) is 7.15. The highest BCUT2D eigenvalue weighted by atomic mass is 79.9. The molecule has 0 bridgehead atoms. The summed E-state index contributed by atoms with van der Waals surface area (Å²) in [6, 6.07) is 43.4. The molecule has 2 aliphatic carbocycles. The van der Waals surface area contributed by atoms with Gasteiger partial charge in [0, 0.05) is 81.7 Å². The van der Waals surface area contributed by atoms with Gasteiger partial charge in [-0.3, -0.25) is 4.79 Å². The Morgan fingerprint density at radius 2 is 0.857 bits per heavy atom. The molecule has 3 nitrogen and oxygen atoms in total. The monoisotopic (exact) mass is 1110 g/mol. The van der Waals surface area contributed by atoms with Crippen molar-refractivity contribution in [1.82, 2.24) is 0 Å². The number of aromatic hydroxyl groups is 1. The van der Waals surface area contributed by atoms with Crippen molar-refractivity contribution in [2.45, 2.75) is 23.8 Å². The highest BCUT2D eigenvalue weighted by Gasteiger charge is 2.44. The maximum atomic E-state index is 11.6. The summed E-state index contributed by atoms with van der Waals surface area (Å²) in [6.45, 7) is 3.49. The van der Waals surface area contributed by atoms with Crippen molar-refractivity contribution in [3.63, 3.8) is 0 Å². The SMILES string of the molecule is C#CC#CC#CC#CC#CC#CC#CC#CC#CC#CC#C.CC(=O)Br.Cc1ccc2c(c1)C(O)(c1ccc(Cl)cc1)c1ccccc1-2.Oc1ccc2c(c1)C(Br)(c1ccc(Cl)cc1)c1ccccc1-2.[HH].[HH].[HH].[HH].[HH].[HH].[HH].[HH].[HH].[HH].[HH].[HH].[HH].[HH].[HH].[HH].[HH].[HH].[HH].[HH].[HH]. The molecule has 0 amide bonds. The molecule has 372 valence electrons. The third-order valence-electron chi connectivity index (χ3n) is 9.85. The van der Waals surface area contributed by atoms with Gasteiger partial charge in [0.2, 0.25) is 0 Å². The number of aryl methyl sites for hydroxylation is 1. The second kappa shape index (κ2) is 26.1. The highest BCUT2D eigenvalue weighted by molar-refractivity contribution is 9.18. The Bertz CT molecular complexity index is 3520. The topological polar surface area (TPSA) is 57.5 Å². The van der Waals surface area contributed by atoms with Gasteiger partial charge < -0.3 is 10.2 Å². The normalized spacial score (nSPS) is 13.4. The van der Waals surface area contributed by atoms with Crippen LogP contribution in [0.25, 0.3) is 22.3 Å². The Hall–Kier alpha value is -8.55. The highest BCUT2D eigenvalue weighted by Crippen LogP contribution is 2.57. The van der Waals surface area contributed by atoms with Gasteiger partial charge in [-0.05, 0) is 198 Å². The first kappa shape index (κ1) is 52.4. The van der Waals surface area contributed by atoms with Crippen molar-refractivity contribution < 1.29 is 45.0 Å². The van der Waals surface area contributed by atoms with Crippen molar-refractivity contribution in [3.8, 4) is 159 Å². The van der Waals surface area contributed by atoms with Crippen LogP contribution < -0.4 is 0 Å². The number of terminal acetylenes is 2. The van der Waals surface area contributed by atoms with Gasteiger partial charge >= 0.3 is 0 Å². The first-order valence-electron chi connectivity index (χ1n) is 20.5. The molecule has 0 heterocycles. The maximum Gasteiger partial charge on any atom is 0.194 e. The largest absolute Gasteiger partial charge is 0.508 e. The summed E-state index contributed by atoms with van der Waals surface area (Å²) >= 11 is 18.6. The Balaban J connectivity index is -0.0000000525. The lowest BCUT2D eigenvalue weighted by Crippen LogP contribution is -2.26. The van der Waals surface area contributed by atoms with Gasteiger partial charge in [-0.2, -0.15) is 0 Å². The molecule has 0 saturated carbocycles. The molecular weight excluding hydrogens is 1040 g/mol.